The normalized spacial score (nSPS) is 17.4. The molecule has 0 fully saturated rings. The Morgan fingerprint density at radius 1 is 1.50 bits per heavy atom. The third-order valence-corrected chi connectivity index (χ3v) is 1.39. The highest BCUT2D eigenvalue weighted by atomic mass is 16.3. The van der Waals surface area contributed by atoms with Crippen LogP contribution < -0.4 is 11.5 Å². The van der Waals surface area contributed by atoms with Crippen molar-refractivity contribution in [1.29, 1.82) is 0 Å². The SMILES string of the molecule is CC(N)N(CCN)C(C)O. The average molecular weight is 147 g/mol. The zero-order valence-corrected chi connectivity index (χ0v) is 6.62. The predicted molar refractivity (Wildman–Crippen MR) is 41.1 cm³/mol. The van der Waals surface area contributed by atoms with Crippen molar-refractivity contribution in [3.8, 4) is 0 Å². The number of rotatable bonds is 4. The summed E-state index contributed by atoms with van der Waals surface area (Å²) in [5, 5.41) is 9.10. The van der Waals surface area contributed by atoms with Crippen LogP contribution in [0.2, 0.25) is 0 Å². The Morgan fingerprint density at radius 3 is 2.10 bits per heavy atom. The molecule has 0 saturated heterocycles. The van der Waals surface area contributed by atoms with E-state index in [-0.39, 0.29) is 6.17 Å². The highest BCUT2D eigenvalue weighted by Crippen LogP contribution is 1.96. The largest absolute Gasteiger partial charge is 0.379 e. The average Bonchev–Trinajstić information content (AvgIpc) is 1.81. The number of nitrogens with two attached hydrogens (primary N) is 2. The molecule has 0 aromatic rings. The molecular weight excluding hydrogens is 130 g/mol. The molecule has 4 heteroatoms. The lowest BCUT2D eigenvalue weighted by Gasteiger charge is -2.28. The van der Waals surface area contributed by atoms with E-state index in [9.17, 15) is 0 Å². The molecular formula is C6H17N3O. The Kier molecular flexibility index (Phi) is 4.55. The summed E-state index contributed by atoms with van der Waals surface area (Å²) >= 11 is 0. The van der Waals surface area contributed by atoms with Crippen molar-refractivity contribution in [3.05, 3.63) is 0 Å². The minimum atomic E-state index is -0.511. The Bertz CT molecular complexity index is 77.1. The van der Waals surface area contributed by atoms with Gasteiger partial charge >= 0.3 is 0 Å². The molecule has 0 spiro atoms. The van der Waals surface area contributed by atoms with Crippen molar-refractivity contribution in [2.24, 2.45) is 11.5 Å². The fraction of sp³-hybridized carbons (Fsp3) is 1.00. The van der Waals surface area contributed by atoms with Gasteiger partial charge in [-0.1, -0.05) is 0 Å². The first-order valence-corrected chi connectivity index (χ1v) is 3.49. The van der Waals surface area contributed by atoms with Crippen LogP contribution in [-0.2, 0) is 0 Å². The maximum atomic E-state index is 9.10. The van der Waals surface area contributed by atoms with Gasteiger partial charge in [-0.15, -0.1) is 0 Å². The van der Waals surface area contributed by atoms with Crippen LogP contribution in [0.15, 0.2) is 0 Å². The van der Waals surface area contributed by atoms with Crippen LogP contribution in [0, 0.1) is 0 Å². The molecule has 0 amide bonds. The Balaban J connectivity index is 3.73. The zero-order chi connectivity index (χ0) is 8.15. The summed E-state index contributed by atoms with van der Waals surface area (Å²) in [4.78, 5) is 1.72. The number of aliphatic hydroxyl groups excluding tert-OH is 1. The van der Waals surface area contributed by atoms with Gasteiger partial charge in [-0.2, -0.15) is 0 Å². The van der Waals surface area contributed by atoms with E-state index < -0.39 is 6.23 Å². The van der Waals surface area contributed by atoms with E-state index in [1.165, 1.54) is 0 Å². The summed E-state index contributed by atoms with van der Waals surface area (Å²) < 4.78 is 0. The number of hydrogen-bond donors (Lipinski definition) is 3. The fourth-order valence-electron chi connectivity index (χ4n) is 0.880. The number of nitrogens with zero attached hydrogens (tertiary/aromatic N) is 1. The van der Waals surface area contributed by atoms with Crippen LogP contribution in [0.3, 0.4) is 0 Å². The monoisotopic (exact) mass is 147 g/mol. The van der Waals surface area contributed by atoms with Crippen LogP contribution in [0.5, 0.6) is 0 Å². The van der Waals surface area contributed by atoms with Gasteiger partial charge in [0.05, 0.1) is 6.17 Å². The van der Waals surface area contributed by atoms with Gasteiger partial charge in [-0.25, -0.2) is 0 Å². The Hall–Kier alpha value is -0.160. The number of hydrogen-bond acceptors (Lipinski definition) is 4. The lowest BCUT2D eigenvalue weighted by Crippen LogP contribution is -2.47. The molecule has 0 bridgehead atoms. The summed E-state index contributed by atoms with van der Waals surface area (Å²) in [6.07, 6.45) is -0.646. The topological polar surface area (TPSA) is 75.5 Å². The molecule has 5 N–H and O–H groups in total. The molecule has 0 saturated carbocycles. The smallest absolute Gasteiger partial charge is 0.105 e. The van der Waals surface area contributed by atoms with Gasteiger partial charge in [0.1, 0.15) is 6.23 Å². The second-order valence-electron chi connectivity index (χ2n) is 2.40. The van der Waals surface area contributed by atoms with E-state index in [2.05, 4.69) is 0 Å². The third-order valence-electron chi connectivity index (χ3n) is 1.39. The lowest BCUT2D eigenvalue weighted by atomic mass is 10.4. The molecule has 0 heterocycles. The maximum absolute atomic E-state index is 9.10. The van der Waals surface area contributed by atoms with Gasteiger partial charge in [-0.05, 0) is 13.8 Å². The molecule has 2 unspecified atom stereocenters. The minimum absolute atomic E-state index is 0.136. The standard InChI is InChI=1S/C6H17N3O/c1-5(8)9(4-3-7)6(2)10/h5-6,10H,3-4,7-8H2,1-2H3. The Labute approximate surface area is 61.8 Å². The van der Waals surface area contributed by atoms with Crippen molar-refractivity contribution in [2.75, 3.05) is 13.1 Å². The van der Waals surface area contributed by atoms with Crippen molar-refractivity contribution in [1.82, 2.24) is 4.90 Å². The molecule has 0 aromatic carbocycles. The van der Waals surface area contributed by atoms with Gasteiger partial charge in [0, 0.05) is 13.1 Å². The molecule has 0 radical (unpaired) electrons. The molecule has 10 heavy (non-hydrogen) atoms. The van der Waals surface area contributed by atoms with Crippen LogP contribution in [0.4, 0.5) is 0 Å². The van der Waals surface area contributed by atoms with Gasteiger partial charge in [0.2, 0.25) is 0 Å². The van der Waals surface area contributed by atoms with Crippen LogP contribution in [-0.4, -0.2) is 35.5 Å². The molecule has 4 nitrogen and oxygen atoms in total. The number of aliphatic hydroxyl groups is 1. The summed E-state index contributed by atoms with van der Waals surface area (Å²) in [6, 6.07) is 0. The van der Waals surface area contributed by atoms with E-state index in [0.717, 1.165) is 0 Å². The van der Waals surface area contributed by atoms with E-state index in [1.54, 1.807) is 11.8 Å². The highest BCUT2D eigenvalue weighted by molar-refractivity contribution is 4.61. The first kappa shape index (κ1) is 9.84. The van der Waals surface area contributed by atoms with Crippen molar-refractivity contribution in [3.63, 3.8) is 0 Å². The van der Waals surface area contributed by atoms with E-state index in [4.69, 9.17) is 16.6 Å². The molecule has 0 rings (SSSR count). The summed E-state index contributed by atoms with van der Waals surface area (Å²) in [7, 11) is 0. The van der Waals surface area contributed by atoms with Crippen LogP contribution >= 0.6 is 0 Å². The quantitative estimate of drug-likeness (QED) is 0.441. The summed E-state index contributed by atoms with van der Waals surface area (Å²) in [5.41, 5.74) is 10.8. The summed E-state index contributed by atoms with van der Waals surface area (Å²) in [5.74, 6) is 0. The highest BCUT2D eigenvalue weighted by Gasteiger charge is 2.12. The van der Waals surface area contributed by atoms with E-state index in [1.807, 2.05) is 6.92 Å². The zero-order valence-electron chi connectivity index (χ0n) is 6.62. The van der Waals surface area contributed by atoms with Crippen LogP contribution in [0.1, 0.15) is 13.8 Å². The molecule has 62 valence electrons. The maximum Gasteiger partial charge on any atom is 0.105 e. The Morgan fingerprint density at radius 2 is 2.00 bits per heavy atom. The molecule has 0 aliphatic rings. The van der Waals surface area contributed by atoms with Crippen molar-refractivity contribution < 1.29 is 5.11 Å². The lowest BCUT2D eigenvalue weighted by molar-refractivity contribution is -0.00313. The molecule has 0 aromatic heterocycles. The fourth-order valence-corrected chi connectivity index (χ4v) is 0.880. The van der Waals surface area contributed by atoms with E-state index in [0.29, 0.717) is 13.1 Å². The van der Waals surface area contributed by atoms with Gasteiger partial charge < -0.3 is 16.6 Å². The molecule has 0 aliphatic carbocycles. The van der Waals surface area contributed by atoms with Crippen molar-refractivity contribution in [2.45, 2.75) is 26.2 Å². The summed E-state index contributed by atoms with van der Waals surface area (Å²) in [6.45, 7) is 4.66. The van der Waals surface area contributed by atoms with E-state index >= 15 is 0 Å². The van der Waals surface area contributed by atoms with Gasteiger partial charge in [-0.3, -0.25) is 4.90 Å². The second-order valence-corrected chi connectivity index (χ2v) is 2.40. The van der Waals surface area contributed by atoms with Crippen LogP contribution in [0.25, 0.3) is 0 Å². The van der Waals surface area contributed by atoms with Crippen molar-refractivity contribution >= 4 is 0 Å². The third kappa shape index (κ3) is 3.12. The minimum Gasteiger partial charge on any atom is -0.379 e. The molecule has 0 aliphatic heterocycles. The van der Waals surface area contributed by atoms with Gasteiger partial charge in [0.25, 0.3) is 0 Å². The first-order valence-electron chi connectivity index (χ1n) is 3.49. The predicted octanol–water partition coefficient (Wildman–Crippen LogP) is -1.11. The molecule has 2 atom stereocenters. The second kappa shape index (κ2) is 4.62. The van der Waals surface area contributed by atoms with Gasteiger partial charge in [0.15, 0.2) is 0 Å². The first-order chi connectivity index (χ1) is 4.59.